The van der Waals surface area contributed by atoms with E-state index in [9.17, 15) is 4.79 Å². The van der Waals surface area contributed by atoms with Gasteiger partial charge in [0, 0.05) is 18.7 Å². The maximum atomic E-state index is 12.0. The average molecular weight is 343 g/mol. The van der Waals surface area contributed by atoms with Gasteiger partial charge in [0.2, 0.25) is 5.69 Å². The Morgan fingerprint density at radius 3 is 2.79 bits per heavy atom. The van der Waals surface area contributed by atoms with Crippen LogP contribution in [0.2, 0.25) is 0 Å². The number of ether oxygens (including phenoxy) is 2. The number of morpholine rings is 1. The maximum absolute atomic E-state index is 12.0. The summed E-state index contributed by atoms with van der Waals surface area (Å²) >= 11 is 1.27. The van der Waals surface area contributed by atoms with Crippen LogP contribution < -0.4 is 15.4 Å². The van der Waals surface area contributed by atoms with Crippen molar-refractivity contribution in [3.8, 4) is 16.9 Å². The molecule has 6 nitrogen and oxygen atoms in total. The van der Waals surface area contributed by atoms with Gasteiger partial charge in [0.15, 0.2) is 0 Å². The topological polar surface area (TPSA) is 69.2 Å². The number of rotatable bonds is 4. The lowest BCUT2D eigenvalue weighted by Crippen LogP contribution is -2.35. The van der Waals surface area contributed by atoms with E-state index in [1.807, 2.05) is 24.3 Å². The number of hydrogen-bond donors (Lipinski definition) is 1. The predicted molar refractivity (Wildman–Crippen MR) is 94.1 cm³/mol. The number of benzene rings is 1. The molecule has 0 bridgehead atoms. The lowest BCUT2D eigenvalue weighted by molar-refractivity contribution is 0.100. The van der Waals surface area contributed by atoms with Crippen molar-refractivity contribution in [2.24, 2.45) is 5.73 Å². The van der Waals surface area contributed by atoms with Crippen molar-refractivity contribution >= 4 is 27.9 Å². The quantitative estimate of drug-likeness (QED) is 0.867. The SMILES string of the molecule is [C-]#[N+]c1c(N2CCOCC2)sc(C(N)=O)c1-c1cccc(OC)c1. The highest BCUT2D eigenvalue weighted by Gasteiger charge is 2.27. The highest BCUT2D eigenvalue weighted by Crippen LogP contribution is 2.48. The van der Waals surface area contributed by atoms with Crippen molar-refractivity contribution < 1.29 is 14.3 Å². The maximum Gasteiger partial charge on any atom is 0.258 e. The summed E-state index contributed by atoms with van der Waals surface area (Å²) in [4.78, 5) is 18.2. The number of hydrogen-bond acceptors (Lipinski definition) is 5. The summed E-state index contributed by atoms with van der Waals surface area (Å²) < 4.78 is 10.6. The zero-order valence-corrected chi connectivity index (χ0v) is 14.1. The molecule has 2 heterocycles. The third-order valence-corrected chi connectivity index (χ3v) is 5.11. The van der Waals surface area contributed by atoms with E-state index in [0.717, 1.165) is 10.6 Å². The first-order valence-corrected chi connectivity index (χ1v) is 8.28. The summed E-state index contributed by atoms with van der Waals surface area (Å²) in [6, 6.07) is 7.32. The summed E-state index contributed by atoms with van der Waals surface area (Å²) in [6.45, 7) is 10.2. The third kappa shape index (κ3) is 2.94. The first kappa shape index (κ1) is 16.3. The predicted octanol–water partition coefficient (Wildman–Crippen LogP) is 2.91. The summed E-state index contributed by atoms with van der Waals surface area (Å²) in [6.07, 6.45) is 0. The Morgan fingerprint density at radius 2 is 2.17 bits per heavy atom. The number of nitrogens with two attached hydrogens (primary N) is 1. The van der Waals surface area contributed by atoms with Gasteiger partial charge in [-0.25, -0.2) is 4.85 Å². The fraction of sp³-hybridized carbons (Fsp3) is 0.294. The normalized spacial score (nSPS) is 14.2. The van der Waals surface area contributed by atoms with Crippen LogP contribution in [0.4, 0.5) is 10.7 Å². The summed E-state index contributed by atoms with van der Waals surface area (Å²) in [5.74, 6) is 0.139. The van der Waals surface area contributed by atoms with Crippen molar-refractivity contribution in [1.29, 1.82) is 0 Å². The summed E-state index contributed by atoms with van der Waals surface area (Å²) in [5, 5.41) is 0.778. The lowest BCUT2D eigenvalue weighted by atomic mass is 10.0. The molecule has 1 aromatic heterocycles. The number of primary amides is 1. The van der Waals surface area contributed by atoms with Gasteiger partial charge < -0.3 is 20.1 Å². The number of carbonyl (C=O) groups is 1. The van der Waals surface area contributed by atoms with Gasteiger partial charge in [-0.3, -0.25) is 4.79 Å². The van der Waals surface area contributed by atoms with Crippen molar-refractivity contribution in [2.45, 2.75) is 0 Å². The molecule has 124 valence electrons. The smallest absolute Gasteiger partial charge is 0.258 e. The molecular formula is C17H17N3O3S. The molecule has 1 aliphatic heterocycles. The van der Waals surface area contributed by atoms with Crippen LogP contribution in [0.15, 0.2) is 24.3 Å². The van der Waals surface area contributed by atoms with Crippen molar-refractivity contribution in [3.05, 3.63) is 40.6 Å². The van der Waals surface area contributed by atoms with E-state index in [1.165, 1.54) is 11.3 Å². The Balaban J connectivity index is 2.17. The molecule has 0 unspecified atom stereocenters. The Morgan fingerprint density at radius 1 is 1.42 bits per heavy atom. The zero-order valence-electron chi connectivity index (χ0n) is 13.2. The van der Waals surface area contributed by atoms with Crippen LogP contribution in [0.3, 0.4) is 0 Å². The van der Waals surface area contributed by atoms with Gasteiger partial charge in [0.25, 0.3) is 5.91 Å². The van der Waals surface area contributed by atoms with Gasteiger partial charge in [-0.1, -0.05) is 12.1 Å². The molecule has 0 aliphatic carbocycles. The van der Waals surface area contributed by atoms with E-state index in [2.05, 4.69) is 9.74 Å². The molecule has 0 saturated carbocycles. The standard InChI is InChI=1S/C17H17N3O3S/c1-19-14-13(11-4-3-5-12(10-11)22-2)15(16(18)21)24-17(14)20-6-8-23-9-7-20/h3-5,10H,6-9H2,2H3,(H2,18,21). The van der Waals surface area contributed by atoms with E-state index in [4.69, 9.17) is 21.8 Å². The molecule has 1 aromatic carbocycles. The second-order valence-electron chi connectivity index (χ2n) is 5.27. The molecule has 1 fully saturated rings. The zero-order chi connectivity index (χ0) is 17.1. The van der Waals surface area contributed by atoms with E-state index in [0.29, 0.717) is 48.2 Å². The molecule has 7 heteroatoms. The van der Waals surface area contributed by atoms with Gasteiger partial charge in [-0.05, 0) is 17.7 Å². The molecule has 3 rings (SSSR count). The van der Waals surface area contributed by atoms with Crippen molar-refractivity contribution in [1.82, 2.24) is 0 Å². The third-order valence-electron chi connectivity index (χ3n) is 3.86. The Hall–Kier alpha value is -2.56. The Kier molecular flexibility index (Phi) is 4.69. The molecular weight excluding hydrogens is 326 g/mol. The molecule has 1 saturated heterocycles. The second-order valence-corrected chi connectivity index (χ2v) is 6.27. The van der Waals surface area contributed by atoms with Gasteiger partial charge in [-0.2, -0.15) is 0 Å². The van der Waals surface area contributed by atoms with Crippen LogP contribution in [-0.2, 0) is 4.74 Å². The molecule has 1 amide bonds. The van der Waals surface area contributed by atoms with Crippen LogP contribution >= 0.6 is 11.3 Å². The second kappa shape index (κ2) is 6.91. The minimum atomic E-state index is -0.526. The number of thiophene rings is 1. The number of nitrogens with zero attached hydrogens (tertiary/aromatic N) is 2. The van der Waals surface area contributed by atoms with E-state index < -0.39 is 5.91 Å². The summed E-state index contributed by atoms with van der Waals surface area (Å²) in [5.41, 5.74) is 7.39. The van der Waals surface area contributed by atoms with Crippen LogP contribution in [0, 0.1) is 6.57 Å². The number of anilines is 1. The number of carbonyl (C=O) groups excluding carboxylic acids is 1. The minimum Gasteiger partial charge on any atom is -0.497 e. The fourth-order valence-electron chi connectivity index (χ4n) is 2.71. The Labute approximate surface area is 144 Å². The largest absolute Gasteiger partial charge is 0.497 e. The lowest BCUT2D eigenvalue weighted by Gasteiger charge is -2.28. The molecule has 0 atom stereocenters. The van der Waals surface area contributed by atoms with Crippen LogP contribution in [-0.4, -0.2) is 39.3 Å². The molecule has 24 heavy (non-hydrogen) atoms. The van der Waals surface area contributed by atoms with Gasteiger partial charge >= 0.3 is 0 Å². The van der Waals surface area contributed by atoms with Gasteiger partial charge in [-0.15, -0.1) is 11.3 Å². The highest BCUT2D eigenvalue weighted by molar-refractivity contribution is 7.19. The first-order valence-electron chi connectivity index (χ1n) is 7.47. The number of amides is 1. The van der Waals surface area contributed by atoms with Crippen molar-refractivity contribution in [3.63, 3.8) is 0 Å². The summed E-state index contributed by atoms with van der Waals surface area (Å²) in [7, 11) is 1.58. The van der Waals surface area contributed by atoms with E-state index in [1.54, 1.807) is 7.11 Å². The van der Waals surface area contributed by atoms with Crippen LogP contribution in [0.1, 0.15) is 9.67 Å². The Bertz CT molecular complexity index is 804. The van der Waals surface area contributed by atoms with Gasteiger partial charge in [0.1, 0.15) is 5.75 Å². The molecule has 0 spiro atoms. The molecule has 2 N–H and O–H groups in total. The van der Waals surface area contributed by atoms with Crippen LogP contribution in [0.25, 0.3) is 16.0 Å². The first-order chi connectivity index (χ1) is 11.7. The van der Waals surface area contributed by atoms with E-state index >= 15 is 0 Å². The monoisotopic (exact) mass is 343 g/mol. The molecule has 0 radical (unpaired) electrons. The minimum absolute atomic E-state index is 0.399. The highest BCUT2D eigenvalue weighted by atomic mass is 32.1. The fourth-order valence-corrected chi connectivity index (χ4v) is 3.88. The van der Waals surface area contributed by atoms with Crippen molar-refractivity contribution in [2.75, 3.05) is 38.3 Å². The number of methoxy groups -OCH3 is 1. The molecule has 2 aromatic rings. The van der Waals surface area contributed by atoms with Gasteiger partial charge in [0.05, 0.1) is 36.8 Å². The van der Waals surface area contributed by atoms with Crippen LogP contribution in [0.5, 0.6) is 5.75 Å². The van der Waals surface area contributed by atoms with E-state index in [-0.39, 0.29) is 0 Å². The average Bonchev–Trinajstić information content (AvgIpc) is 3.02. The molecule has 1 aliphatic rings.